The van der Waals surface area contributed by atoms with E-state index in [9.17, 15) is 4.79 Å². The largest absolute Gasteiger partial charge is 0.477 e. The van der Waals surface area contributed by atoms with E-state index in [0.717, 1.165) is 11.1 Å². The number of aliphatic carboxylic acids is 1. The molecule has 0 atom stereocenters. The number of hydrogen-bond acceptors (Lipinski definition) is 2. The highest BCUT2D eigenvalue weighted by molar-refractivity contribution is 7.85. The van der Waals surface area contributed by atoms with E-state index in [0.29, 0.717) is 0 Å². The van der Waals surface area contributed by atoms with E-state index in [-0.39, 0.29) is 4.91 Å². The van der Waals surface area contributed by atoms with Gasteiger partial charge in [0.25, 0.3) is 0 Å². The lowest BCUT2D eigenvalue weighted by molar-refractivity contribution is -0.131. The van der Waals surface area contributed by atoms with Crippen molar-refractivity contribution in [1.29, 1.82) is 0 Å². The molecule has 0 aliphatic carbocycles. The Morgan fingerprint density at radius 3 is 2.38 bits per heavy atom. The van der Waals surface area contributed by atoms with Crippen LogP contribution in [0.3, 0.4) is 0 Å². The van der Waals surface area contributed by atoms with Gasteiger partial charge in [0.15, 0.2) is 0 Å². The molecule has 0 spiro atoms. The number of hydrogen-bond donors (Lipinski definition) is 2. The highest BCUT2D eigenvalue weighted by Crippen LogP contribution is 2.10. The van der Waals surface area contributed by atoms with Gasteiger partial charge in [-0.1, -0.05) is 29.8 Å². The third kappa shape index (κ3) is 2.95. The molecule has 1 aromatic rings. The Balaban J connectivity index is 2.92. The van der Waals surface area contributed by atoms with E-state index < -0.39 is 5.97 Å². The summed E-state index contributed by atoms with van der Waals surface area (Å²) in [7, 11) is 0. The molecule has 0 bridgehead atoms. The highest BCUT2D eigenvalue weighted by Gasteiger charge is 1.99. The van der Waals surface area contributed by atoms with Gasteiger partial charge in [0, 0.05) is 0 Å². The second-order valence-corrected chi connectivity index (χ2v) is 3.23. The van der Waals surface area contributed by atoms with E-state index in [1.165, 1.54) is 6.08 Å². The molecule has 0 amide bonds. The number of carbonyl (C=O) groups is 1. The minimum Gasteiger partial charge on any atom is -0.477 e. The van der Waals surface area contributed by atoms with Crippen molar-refractivity contribution in [3.63, 3.8) is 0 Å². The number of benzene rings is 1. The zero-order valence-electron chi connectivity index (χ0n) is 7.19. The Labute approximate surface area is 82.3 Å². The zero-order valence-corrected chi connectivity index (χ0v) is 8.08. The fraction of sp³-hybridized carbons (Fsp3) is 0.100. The van der Waals surface area contributed by atoms with E-state index in [1.54, 1.807) is 0 Å². The highest BCUT2D eigenvalue weighted by atomic mass is 32.1. The summed E-state index contributed by atoms with van der Waals surface area (Å²) in [5, 5.41) is 8.55. The fourth-order valence-corrected chi connectivity index (χ4v) is 1.03. The average molecular weight is 194 g/mol. The lowest BCUT2D eigenvalue weighted by Crippen LogP contribution is -1.93. The third-order valence-corrected chi connectivity index (χ3v) is 1.92. The Kier molecular flexibility index (Phi) is 3.14. The molecule has 0 aliphatic rings. The number of rotatable bonds is 2. The van der Waals surface area contributed by atoms with Crippen LogP contribution in [0, 0.1) is 6.92 Å². The summed E-state index contributed by atoms with van der Waals surface area (Å²) >= 11 is 3.82. The van der Waals surface area contributed by atoms with Gasteiger partial charge in [-0.3, -0.25) is 0 Å². The Bertz CT molecular complexity index is 338. The van der Waals surface area contributed by atoms with Gasteiger partial charge in [0.2, 0.25) is 0 Å². The molecule has 0 fully saturated rings. The second-order valence-electron chi connectivity index (χ2n) is 2.75. The summed E-state index contributed by atoms with van der Waals surface area (Å²) in [6.45, 7) is 1.98. The van der Waals surface area contributed by atoms with Crippen molar-refractivity contribution >= 4 is 24.7 Å². The summed E-state index contributed by atoms with van der Waals surface area (Å²) in [5.41, 5.74) is 1.99. The molecular weight excluding hydrogens is 184 g/mol. The third-order valence-electron chi connectivity index (χ3n) is 1.60. The van der Waals surface area contributed by atoms with Gasteiger partial charge in [-0.25, -0.2) is 4.79 Å². The summed E-state index contributed by atoms with van der Waals surface area (Å²) in [6.07, 6.45) is 1.52. The van der Waals surface area contributed by atoms with Crippen LogP contribution in [0.1, 0.15) is 11.1 Å². The van der Waals surface area contributed by atoms with Crippen LogP contribution in [-0.4, -0.2) is 11.1 Å². The number of thiol groups is 1. The summed E-state index contributed by atoms with van der Waals surface area (Å²) in [6, 6.07) is 7.56. The van der Waals surface area contributed by atoms with Gasteiger partial charge < -0.3 is 5.11 Å². The molecule has 1 aromatic carbocycles. The maximum atomic E-state index is 10.4. The van der Waals surface area contributed by atoms with Crippen molar-refractivity contribution in [3.05, 3.63) is 40.3 Å². The normalized spacial score (nSPS) is 11.4. The molecule has 0 aromatic heterocycles. The SMILES string of the molecule is Cc1ccc(C=C(S)C(=O)O)cc1. The van der Waals surface area contributed by atoms with E-state index in [1.807, 2.05) is 31.2 Å². The molecule has 0 radical (unpaired) electrons. The van der Waals surface area contributed by atoms with Gasteiger partial charge in [-0.05, 0) is 18.6 Å². The first-order valence-electron chi connectivity index (χ1n) is 3.80. The standard InChI is InChI=1S/C10H10O2S/c1-7-2-4-8(5-3-7)6-9(13)10(11)12/h2-6,13H,1H3,(H,11,12). The van der Waals surface area contributed by atoms with Crippen molar-refractivity contribution in [3.8, 4) is 0 Å². The topological polar surface area (TPSA) is 37.3 Å². The second kappa shape index (κ2) is 4.14. The monoisotopic (exact) mass is 194 g/mol. The maximum Gasteiger partial charge on any atom is 0.341 e. The Morgan fingerprint density at radius 1 is 1.38 bits per heavy atom. The van der Waals surface area contributed by atoms with Crippen LogP contribution in [0.15, 0.2) is 29.2 Å². The molecule has 68 valence electrons. The fourth-order valence-electron chi connectivity index (χ4n) is 0.882. The van der Waals surface area contributed by atoms with Crippen molar-refractivity contribution in [2.24, 2.45) is 0 Å². The molecular formula is C10H10O2S. The summed E-state index contributed by atoms with van der Waals surface area (Å²) in [4.78, 5) is 10.5. The van der Waals surface area contributed by atoms with Crippen molar-refractivity contribution in [1.82, 2.24) is 0 Å². The minimum absolute atomic E-state index is 0.0452. The quantitative estimate of drug-likeness (QED) is 0.560. The molecule has 0 saturated carbocycles. The average Bonchev–Trinajstić information content (AvgIpc) is 2.08. The summed E-state index contributed by atoms with van der Waals surface area (Å²) < 4.78 is 0. The first kappa shape index (κ1) is 9.86. The molecule has 0 heterocycles. The first-order chi connectivity index (χ1) is 6.09. The van der Waals surface area contributed by atoms with Crippen LogP contribution >= 0.6 is 12.6 Å². The molecule has 2 nitrogen and oxygen atoms in total. The predicted octanol–water partition coefficient (Wildman–Crippen LogP) is 2.35. The molecule has 3 heteroatoms. The van der Waals surface area contributed by atoms with E-state index in [4.69, 9.17) is 5.11 Å². The summed E-state index contributed by atoms with van der Waals surface area (Å²) in [5.74, 6) is -1.01. The van der Waals surface area contributed by atoms with Crippen molar-refractivity contribution < 1.29 is 9.90 Å². The molecule has 1 N–H and O–H groups in total. The molecule has 0 aliphatic heterocycles. The molecule has 1 rings (SSSR count). The lowest BCUT2D eigenvalue weighted by Gasteiger charge is -1.95. The van der Waals surface area contributed by atoms with Gasteiger partial charge in [-0.15, -0.1) is 12.6 Å². The minimum atomic E-state index is -1.01. The van der Waals surface area contributed by atoms with Gasteiger partial charge in [-0.2, -0.15) is 0 Å². The van der Waals surface area contributed by atoms with E-state index in [2.05, 4.69) is 12.6 Å². The van der Waals surface area contributed by atoms with Crippen LogP contribution in [0.4, 0.5) is 0 Å². The maximum absolute atomic E-state index is 10.4. The van der Waals surface area contributed by atoms with Gasteiger partial charge in [0.05, 0.1) is 4.91 Å². The van der Waals surface area contributed by atoms with E-state index >= 15 is 0 Å². The Morgan fingerprint density at radius 2 is 1.92 bits per heavy atom. The number of carboxylic acids is 1. The van der Waals surface area contributed by atoms with Crippen molar-refractivity contribution in [2.45, 2.75) is 6.92 Å². The Hall–Kier alpha value is -1.22. The van der Waals surface area contributed by atoms with Crippen LogP contribution in [0.5, 0.6) is 0 Å². The smallest absolute Gasteiger partial charge is 0.341 e. The lowest BCUT2D eigenvalue weighted by atomic mass is 10.1. The zero-order chi connectivity index (χ0) is 9.84. The van der Waals surface area contributed by atoms with Crippen LogP contribution in [0.25, 0.3) is 6.08 Å². The molecule has 0 saturated heterocycles. The number of aryl methyl sites for hydroxylation is 1. The van der Waals surface area contributed by atoms with Gasteiger partial charge in [0.1, 0.15) is 0 Å². The van der Waals surface area contributed by atoms with Crippen LogP contribution < -0.4 is 0 Å². The van der Waals surface area contributed by atoms with Crippen molar-refractivity contribution in [2.75, 3.05) is 0 Å². The predicted molar refractivity (Wildman–Crippen MR) is 55.8 cm³/mol. The van der Waals surface area contributed by atoms with Crippen LogP contribution in [-0.2, 0) is 4.79 Å². The van der Waals surface area contributed by atoms with Gasteiger partial charge >= 0.3 is 5.97 Å². The molecule has 0 unspecified atom stereocenters. The number of carboxylic acid groups (broad SMARTS) is 1. The van der Waals surface area contributed by atoms with Crippen LogP contribution in [0.2, 0.25) is 0 Å². The molecule has 13 heavy (non-hydrogen) atoms. The first-order valence-corrected chi connectivity index (χ1v) is 4.25.